The van der Waals surface area contributed by atoms with Gasteiger partial charge in [-0.3, -0.25) is 4.79 Å². The highest BCUT2D eigenvalue weighted by atomic mass is 79.9. The number of phenols is 1. The third kappa shape index (κ3) is 2.59. The van der Waals surface area contributed by atoms with E-state index in [4.69, 9.17) is 22.1 Å². The van der Waals surface area contributed by atoms with Gasteiger partial charge in [0.05, 0.1) is 7.11 Å². The average Bonchev–Trinajstić information content (AvgIpc) is 2.52. The number of halogens is 2. The molecule has 0 unspecified atom stereocenters. The van der Waals surface area contributed by atoms with Crippen molar-refractivity contribution >= 4 is 33.3 Å². The third-order valence-corrected chi connectivity index (χ3v) is 4.52. The first-order valence-corrected chi connectivity index (χ1v) is 7.15. The summed E-state index contributed by atoms with van der Waals surface area (Å²) in [5.74, 6) is -0.485. The van der Waals surface area contributed by atoms with Crippen molar-refractivity contribution in [2.75, 3.05) is 12.8 Å². The third-order valence-electron chi connectivity index (χ3n) is 3.10. The first-order chi connectivity index (χ1) is 10.9. The van der Waals surface area contributed by atoms with Crippen molar-refractivity contribution in [2.24, 2.45) is 0 Å². The van der Waals surface area contributed by atoms with Crippen LogP contribution in [-0.2, 0) is 0 Å². The predicted molar refractivity (Wildman–Crippen MR) is 87.3 cm³/mol. The number of nitrogens with two attached hydrogens (primary N) is 1. The Labute approximate surface area is 143 Å². The van der Waals surface area contributed by atoms with Crippen LogP contribution in [0.1, 0.15) is 11.1 Å². The van der Waals surface area contributed by atoms with Crippen LogP contribution in [0.3, 0.4) is 0 Å². The van der Waals surface area contributed by atoms with Crippen molar-refractivity contribution in [3.8, 4) is 34.8 Å². The summed E-state index contributed by atoms with van der Waals surface area (Å²) >= 11 is 9.21. The number of hydrogen-bond donors (Lipinski definition) is 3. The summed E-state index contributed by atoms with van der Waals surface area (Å²) in [6.45, 7) is 0. The molecule has 0 atom stereocenters. The van der Waals surface area contributed by atoms with Crippen LogP contribution in [-0.4, -0.2) is 17.2 Å². The highest BCUT2D eigenvalue weighted by Gasteiger charge is 2.24. The van der Waals surface area contributed by atoms with Crippen LogP contribution in [0, 0.1) is 22.7 Å². The Morgan fingerprint density at radius 3 is 2.52 bits per heavy atom. The summed E-state index contributed by atoms with van der Waals surface area (Å²) in [6, 6.07) is 4.94. The molecule has 0 aliphatic carbocycles. The molecule has 0 saturated carbocycles. The lowest BCUT2D eigenvalue weighted by molar-refractivity contribution is 0.373. The molecule has 7 nitrogen and oxygen atoms in total. The number of nitrogens with zero attached hydrogens (tertiary/aromatic N) is 2. The van der Waals surface area contributed by atoms with E-state index in [1.807, 2.05) is 6.07 Å². The summed E-state index contributed by atoms with van der Waals surface area (Å²) < 4.78 is 5.20. The SMILES string of the molecule is COc1cc(-c2c(C#N)c(N)[nH]c(=O)c2C#N)c(Br)c(Cl)c1O. The number of aromatic nitrogens is 1. The van der Waals surface area contributed by atoms with Crippen LogP contribution in [0.4, 0.5) is 5.82 Å². The molecule has 0 saturated heterocycles. The lowest BCUT2D eigenvalue weighted by atomic mass is 9.96. The number of pyridine rings is 1. The van der Waals surface area contributed by atoms with Crippen molar-refractivity contribution in [3.63, 3.8) is 0 Å². The van der Waals surface area contributed by atoms with Crippen LogP contribution in [0.15, 0.2) is 15.3 Å². The fourth-order valence-corrected chi connectivity index (χ4v) is 2.74. The molecule has 0 spiro atoms. The van der Waals surface area contributed by atoms with E-state index in [9.17, 15) is 20.4 Å². The largest absolute Gasteiger partial charge is 0.503 e. The Balaban J connectivity index is 3.05. The molecule has 0 aliphatic heterocycles. The molecule has 2 rings (SSSR count). The number of H-pyrrole nitrogens is 1. The quantitative estimate of drug-likeness (QED) is 0.714. The Morgan fingerprint density at radius 1 is 1.39 bits per heavy atom. The van der Waals surface area contributed by atoms with Gasteiger partial charge >= 0.3 is 0 Å². The smallest absolute Gasteiger partial charge is 0.268 e. The summed E-state index contributed by atoms with van der Waals surface area (Å²) in [5.41, 5.74) is 4.75. The van der Waals surface area contributed by atoms with Crippen LogP contribution >= 0.6 is 27.5 Å². The van der Waals surface area contributed by atoms with E-state index < -0.39 is 5.56 Å². The second-order valence-corrected chi connectivity index (χ2v) is 5.49. The van der Waals surface area contributed by atoms with Crippen molar-refractivity contribution in [2.45, 2.75) is 0 Å². The minimum Gasteiger partial charge on any atom is -0.503 e. The van der Waals surface area contributed by atoms with E-state index in [0.717, 1.165) is 0 Å². The highest BCUT2D eigenvalue weighted by molar-refractivity contribution is 9.10. The second kappa shape index (κ2) is 6.21. The van der Waals surface area contributed by atoms with Gasteiger partial charge < -0.3 is 20.6 Å². The molecule has 116 valence electrons. The van der Waals surface area contributed by atoms with Crippen LogP contribution < -0.4 is 16.0 Å². The predicted octanol–water partition coefficient (Wildman–Crippen LogP) is 2.50. The minimum atomic E-state index is -0.742. The van der Waals surface area contributed by atoms with E-state index >= 15 is 0 Å². The van der Waals surface area contributed by atoms with Gasteiger partial charge in [-0.1, -0.05) is 11.6 Å². The summed E-state index contributed by atoms with van der Waals surface area (Å²) in [5, 5.41) is 28.4. The number of anilines is 1. The van der Waals surface area contributed by atoms with Gasteiger partial charge in [-0.05, 0) is 22.0 Å². The van der Waals surface area contributed by atoms with Crippen molar-refractivity contribution < 1.29 is 9.84 Å². The molecule has 0 amide bonds. The maximum Gasteiger partial charge on any atom is 0.268 e. The van der Waals surface area contributed by atoms with Crippen molar-refractivity contribution in [1.82, 2.24) is 4.98 Å². The van der Waals surface area contributed by atoms with Gasteiger partial charge in [0.15, 0.2) is 11.5 Å². The molecule has 0 radical (unpaired) electrons. The zero-order valence-corrected chi connectivity index (χ0v) is 13.9. The monoisotopic (exact) mass is 394 g/mol. The average molecular weight is 396 g/mol. The Hall–Kier alpha value is -2.68. The molecular formula is C14H8BrClN4O3. The molecule has 4 N–H and O–H groups in total. The molecule has 0 bridgehead atoms. The van der Waals surface area contributed by atoms with Gasteiger partial charge in [0.25, 0.3) is 5.56 Å². The normalized spacial score (nSPS) is 9.96. The fraction of sp³-hybridized carbons (Fsp3) is 0.0714. The number of nitrogen functional groups attached to an aromatic ring is 1. The summed E-state index contributed by atoms with van der Waals surface area (Å²) in [7, 11) is 1.31. The molecule has 1 aromatic carbocycles. The topological polar surface area (TPSA) is 136 Å². The fourth-order valence-electron chi connectivity index (χ4n) is 2.04. The van der Waals surface area contributed by atoms with Crippen molar-refractivity contribution in [1.29, 1.82) is 10.5 Å². The number of benzene rings is 1. The molecule has 2 aromatic rings. The Morgan fingerprint density at radius 2 is 2.00 bits per heavy atom. The van der Waals surface area contributed by atoms with Gasteiger partial charge in [0.1, 0.15) is 34.1 Å². The molecule has 1 aromatic heterocycles. The van der Waals surface area contributed by atoms with E-state index in [-0.39, 0.29) is 49.1 Å². The lowest BCUT2D eigenvalue weighted by Crippen LogP contribution is -2.16. The number of rotatable bonds is 2. The van der Waals surface area contributed by atoms with Gasteiger partial charge in [0.2, 0.25) is 0 Å². The van der Waals surface area contributed by atoms with Crippen molar-refractivity contribution in [3.05, 3.63) is 37.0 Å². The number of ether oxygens (including phenoxy) is 1. The molecular weight excluding hydrogens is 388 g/mol. The Kier molecular flexibility index (Phi) is 4.50. The zero-order valence-electron chi connectivity index (χ0n) is 11.6. The van der Waals surface area contributed by atoms with Gasteiger partial charge in [-0.15, -0.1) is 0 Å². The Bertz CT molecular complexity index is 957. The lowest BCUT2D eigenvalue weighted by Gasteiger charge is -2.14. The van der Waals surface area contributed by atoms with E-state index in [1.165, 1.54) is 13.2 Å². The summed E-state index contributed by atoms with van der Waals surface area (Å²) in [4.78, 5) is 14.2. The highest BCUT2D eigenvalue weighted by Crippen LogP contribution is 2.46. The number of aromatic amines is 1. The first kappa shape index (κ1) is 16.7. The van der Waals surface area contributed by atoms with Crippen LogP contribution in [0.25, 0.3) is 11.1 Å². The number of nitrogens with one attached hydrogen (secondary N) is 1. The molecule has 0 aliphatic rings. The second-order valence-electron chi connectivity index (χ2n) is 4.32. The standard InChI is InChI=1S/C14H8BrClN4O3/c1-23-8-2-5(10(15)11(16)12(8)21)9-6(3-17)13(19)20-14(22)7(9)4-18/h2,21H,1H3,(H3,19,20,22). The number of aromatic hydroxyl groups is 1. The number of nitriles is 2. The van der Waals surface area contributed by atoms with E-state index in [0.29, 0.717) is 0 Å². The van der Waals surface area contributed by atoms with Crippen LogP contribution in [0.2, 0.25) is 5.02 Å². The maximum atomic E-state index is 12.0. The van der Waals surface area contributed by atoms with Crippen LogP contribution in [0.5, 0.6) is 11.5 Å². The molecule has 0 fully saturated rings. The molecule has 23 heavy (non-hydrogen) atoms. The van der Waals surface area contributed by atoms with Gasteiger partial charge in [0, 0.05) is 15.6 Å². The first-order valence-electron chi connectivity index (χ1n) is 5.98. The molecule has 1 heterocycles. The van der Waals surface area contributed by atoms with Gasteiger partial charge in [-0.2, -0.15) is 10.5 Å². The zero-order chi connectivity index (χ0) is 17.3. The number of methoxy groups -OCH3 is 1. The number of hydrogen-bond acceptors (Lipinski definition) is 6. The summed E-state index contributed by atoms with van der Waals surface area (Å²) in [6.07, 6.45) is 0. The minimum absolute atomic E-state index is 0.00308. The van der Waals surface area contributed by atoms with Gasteiger partial charge in [-0.25, -0.2) is 0 Å². The van der Waals surface area contributed by atoms with E-state index in [1.54, 1.807) is 6.07 Å². The number of phenolic OH excluding ortho intramolecular Hbond substituents is 1. The maximum absolute atomic E-state index is 12.0. The molecule has 9 heteroatoms. The van der Waals surface area contributed by atoms with E-state index in [2.05, 4.69) is 20.9 Å².